The molecule has 4 heteroatoms. The van der Waals surface area contributed by atoms with Crippen LogP contribution >= 0.6 is 0 Å². The molecule has 0 saturated carbocycles. The van der Waals surface area contributed by atoms with E-state index in [-0.39, 0.29) is 6.42 Å². The van der Waals surface area contributed by atoms with Gasteiger partial charge in [0.05, 0.1) is 0 Å². The molecule has 240 valence electrons. The Bertz CT molecular complexity index is 1080. The van der Waals surface area contributed by atoms with Crippen LogP contribution in [0, 0.1) is 47.4 Å². The van der Waals surface area contributed by atoms with Crippen molar-refractivity contribution in [1.29, 1.82) is 0 Å². The molecule has 0 aliphatic heterocycles. The van der Waals surface area contributed by atoms with Crippen LogP contribution in [-0.2, 0) is 9.59 Å². The Morgan fingerprint density at radius 3 is 1.45 bits per heavy atom. The van der Waals surface area contributed by atoms with Gasteiger partial charge in [-0.05, 0) is 86.9 Å². The zero-order valence-electron chi connectivity index (χ0n) is 27.5. The molecule has 0 atom stereocenters. The lowest BCUT2D eigenvalue weighted by Gasteiger charge is -1.99. The first kappa shape index (κ1) is 42.3. The second-order valence-electron chi connectivity index (χ2n) is 10.3. The Morgan fingerprint density at radius 2 is 0.932 bits per heavy atom. The molecule has 0 amide bonds. The number of hydrogen-bond donors (Lipinski definition) is 2. The van der Waals surface area contributed by atoms with E-state index in [2.05, 4.69) is 104 Å². The van der Waals surface area contributed by atoms with Gasteiger partial charge in [-0.2, -0.15) is 0 Å². The third kappa shape index (κ3) is 45.1. The van der Waals surface area contributed by atoms with Crippen LogP contribution in [0.5, 0.6) is 0 Å². The molecule has 0 rings (SSSR count). The van der Waals surface area contributed by atoms with Crippen molar-refractivity contribution in [1.82, 2.24) is 0 Å². The number of aliphatic carboxylic acids is 2. The molecule has 2 N–H and O–H groups in total. The second-order valence-corrected chi connectivity index (χ2v) is 10.3. The van der Waals surface area contributed by atoms with E-state index in [1.807, 2.05) is 5.92 Å². The first-order valence-electron chi connectivity index (χ1n) is 16.6. The van der Waals surface area contributed by atoms with Gasteiger partial charge in [-0.1, -0.05) is 133 Å². The average molecular weight is 601 g/mol. The highest BCUT2D eigenvalue weighted by molar-refractivity contribution is 5.87. The number of carbonyl (C=O) groups is 2. The fourth-order valence-corrected chi connectivity index (χ4v) is 3.77. The van der Waals surface area contributed by atoms with Crippen LogP contribution < -0.4 is 0 Å². The molecule has 0 unspecified atom stereocenters. The van der Waals surface area contributed by atoms with E-state index < -0.39 is 11.9 Å². The lowest BCUT2D eigenvalue weighted by Crippen LogP contribution is -1.92. The van der Waals surface area contributed by atoms with E-state index in [9.17, 15) is 9.59 Å². The Morgan fingerprint density at radius 1 is 0.500 bits per heavy atom. The van der Waals surface area contributed by atoms with Gasteiger partial charge in [0.2, 0.25) is 0 Å². The maximum atomic E-state index is 10.3. The molecular formula is C40H56O4. The average Bonchev–Trinajstić information content (AvgIpc) is 3.00. The molecule has 0 aromatic carbocycles. The molecule has 0 fully saturated rings. The van der Waals surface area contributed by atoms with Crippen molar-refractivity contribution in [2.24, 2.45) is 0 Å². The van der Waals surface area contributed by atoms with E-state index in [1.54, 1.807) is 0 Å². The van der Waals surface area contributed by atoms with Gasteiger partial charge < -0.3 is 10.2 Å². The Labute approximate surface area is 269 Å². The van der Waals surface area contributed by atoms with Crippen molar-refractivity contribution in [3.63, 3.8) is 0 Å². The van der Waals surface area contributed by atoms with E-state index in [0.29, 0.717) is 0 Å². The summed E-state index contributed by atoms with van der Waals surface area (Å²) in [7, 11) is 0. The van der Waals surface area contributed by atoms with Gasteiger partial charge >= 0.3 is 11.9 Å². The van der Waals surface area contributed by atoms with Crippen LogP contribution in [0.4, 0.5) is 0 Å². The third-order valence-corrected chi connectivity index (χ3v) is 6.19. The highest BCUT2D eigenvalue weighted by Gasteiger charge is 1.93. The van der Waals surface area contributed by atoms with Crippen molar-refractivity contribution in [2.75, 3.05) is 0 Å². The van der Waals surface area contributed by atoms with Crippen LogP contribution in [0.15, 0.2) is 48.6 Å². The van der Waals surface area contributed by atoms with Crippen molar-refractivity contribution in [3.05, 3.63) is 48.6 Å². The topological polar surface area (TPSA) is 74.6 Å². The molecule has 0 radical (unpaired) electrons. The quantitative estimate of drug-likeness (QED) is 0.0695. The first-order chi connectivity index (χ1) is 21.5. The number of rotatable bonds is 23. The molecule has 44 heavy (non-hydrogen) atoms. The van der Waals surface area contributed by atoms with E-state index >= 15 is 0 Å². The summed E-state index contributed by atoms with van der Waals surface area (Å²) in [4.78, 5) is 20.4. The van der Waals surface area contributed by atoms with Crippen LogP contribution in [0.25, 0.3) is 0 Å². The minimum Gasteiger partial charge on any atom is -0.481 e. The minimum atomic E-state index is -1.19. The monoisotopic (exact) mass is 600 g/mol. The first-order valence-corrected chi connectivity index (χ1v) is 16.6. The van der Waals surface area contributed by atoms with Gasteiger partial charge in [0.1, 0.15) is 0 Å². The fourth-order valence-electron chi connectivity index (χ4n) is 3.77. The number of unbranched alkanes of at least 4 members (excludes halogenated alkanes) is 13. The lowest BCUT2D eigenvalue weighted by atomic mass is 10.1. The largest absolute Gasteiger partial charge is 0.481 e. The minimum absolute atomic E-state index is 0.262. The Kier molecular flexibility index (Phi) is 37.6. The van der Waals surface area contributed by atoms with Crippen molar-refractivity contribution >= 4 is 11.9 Å². The summed E-state index contributed by atoms with van der Waals surface area (Å²) in [5.74, 6) is 17.8. The molecule has 0 aliphatic rings. The van der Waals surface area contributed by atoms with Crippen LogP contribution in [0.2, 0.25) is 0 Å². The standard InChI is InChI=1S/C20H32O2.C20H24O2/c2*1-2-3-4-5-6-7-8-9-10-11-12-13-14-15-16-17-18-19-20(21)22/h6-7,9-10,12-13,15-16H,2-5,8,11,14,17-19H2,1H3,(H,21,22);2-11H2,1H3,(H,21,22)/b7-6-,10-9-,13-12-,16-15-;. The molecule has 0 aliphatic carbocycles. The predicted octanol–water partition coefficient (Wildman–Crippen LogP) is 10.2. The summed E-state index contributed by atoms with van der Waals surface area (Å²) in [5.41, 5.74) is 0. The molecule has 0 bridgehead atoms. The summed E-state index contributed by atoms with van der Waals surface area (Å²) < 4.78 is 0. The molecule has 0 spiro atoms. The predicted molar refractivity (Wildman–Crippen MR) is 187 cm³/mol. The van der Waals surface area contributed by atoms with Gasteiger partial charge in [0.25, 0.3) is 0 Å². The zero-order chi connectivity index (χ0) is 32.6. The maximum Gasteiger partial charge on any atom is 0.382 e. The summed E-state index contributed by atoms with van der Waals surface area (Å²) in [6.07, 6.45) is 40.0. The Hall–Kier alpha value is -3.86. The number of allylic oxidation sites excluding steroid dienone is 8. The molecule has 0 heterocycles. The van der Waals surface area contributed by atoms with Gasteiger partial charge in [-0.25, -0.2) is 4.79 Å². The summed E-state index contributed by atoms with van der Waals surface area (Å²) >= 11 is 0. The summed E-state index contributed by atoms with van der Waals surface area (Å²) in [5, 5.41) is 16.7. The number of carboxylic acid groups (broad SMARTS) is 2. The SMILES string of the molecule is CCCCC/C=C\C/C=C\C/C=C\C/C=C\CCCC(=O)O.CCCCCCCCCCCC#CC#CC#CC#CC(=O)O. The summed E-state index contributed by atoms with van der Waals surface area (Å²) in [6, 6.07) is 0. The van der Waals surface area contributed by atoms with Gasteiger partial charge in [0.15, 0.2) is 0 Å². The van der Waals surface area contributed by atoms with E-state index in [4.69, 9.17) is 10.2 Å². The summed E-state index contributed by atoms with van der Waals surface area (Å²) in [6.45, 7) is 4.47. The van der Waals surface area contributed by atoms with Gasteiger partial charge in [0, 0.05) is 18.8 Å². The normalized spacial score (nSPS) is 10.2. The molecule has 0 saturated heterocycles. The van der Waals surface area contributed by atoms with Crippen LogP contribution in [-0.4, -0.2) is 22.2 Å². The van der Waals surface area contributed by atoms with Crippen LogP contribution in [0.1, 0.15) is 142 Å². The molecule has 0 aromatic heterocycles. The third-order valence-electron chi connectivity index (χ3n) is 6.19. The van der Waals surface area contributed by atoms with Gasteiger partial charge in [-0.15, -0.1) is 0 Å². The highest BCUT2D eigenvalue weighted by atomic mass is 16.4. The van der Waals surface area contributed by atoms with Gasteiger partial charge in [-0.3, -0.25) is 4.79 Å². The number of carboxylic acids is 2. The molecular weight excluding hydrogens is 544 g/mol. The zero-order valence-corrected chi connectivity index (χ0v) is 27.5. The van der Waals surface area contributed by atoms with Crippen molar-refractivity contribution in [3.8, 4) is 47.4 Å². The highest BCUT2D eigenvalue weighted by Crippen LogP contribution is 2.10. The second kappa shape index (κ2) is 39.1. The van der Waals surface area contributed by atoms with E-state index in [0.717, 1.165) is 44.9 Å². The lowest BCUT2D eigenvalue weighted by molar-refractivity contribution is -0.137. The van der Waals surface area contributed by atoms with Crippen molar-refractivity contribution in [2.45, 2.75) is 142 Å². The smallest absolute Gasteiger partial charge is 0.382 e. The number of hydrogen-bond acceptors (Lipinski definition) is 2. The molecule has 0 aromatic rings. The fraction of sp³-hybridized carbons (Fsp3) is 0.550. The Balaban J connectivity index is 0. The maximum absolute atomic E-state index is 10.3. The van der Waals surface area contributed by atoms with Crippen molar-refractivity contribution < 1.29 is 19.8 Å². The van der Waals surface area contributed by atoms with Crippen LogP contribution in [0.3, 0.4) is 0 Å². The van der Waals surface area contributed by atoms with E-state index in [1.165, 1.54) is 77.0 Å². The molecule has 4 nitrogen and oxygen atoms in total.